The summed E-state index contributed by atoms with van der Waals surface area (Å²) in [6.45, 7) is 6.35. The first kappa shape index (κ1) is 15.2. The molecule has 1 atom stereocenters. The van der Waals surface area contributed by atoms with E-state index >= 15 is 0 Å². The average molecular weight is 267 g/mol. The highest BCUT2D eigenvalue weighted by Gasteiger charge is 2.09. The third-order valence-corrected chi connectivity index (χ3v) is 2.89. The number of nitrogens with one attached hydrogen (secondary N) is 1. The summed E-state index contributed by atoms with van der Waals surface area (Å²) in [5.74, 6) is -0.310. The van der Waals surface area contributed by atoms with Crippen molar-refractivity contribution >= 4 is 11.8 Å². The first-order valence-corrected chi connectivity index (χ1v) is 6.44. The molecular weight excluding hydrogens is 246 g/mol. The molecule has 1 aromatic heterocycles. The van der Waals surface area contributed by atoms with Gasteiger partial charge in [-0.05, 0) is 26.2 Å². The molecule has 6 heteroatoms. The third-order valence-electron chi connectivity index (χ3n) is 2.89. The van der Waals surface area contributed by atoms with Gasteiger partial charge in [-0.15, -0.1) is 0 Å². The number of anilines is 1. The Labute approximate surface area is 112 Å². The van der Waals surface area contributed by atoms with E-state index in [0.717, 1.165) is 0 Å². The molecule has 6 nitrogen and oxygen atoms in total. The molecule has 0 aliphatic rings. The van der Waals surface area contributed by atoms with Crippen molar-refractivity contribution in [3.05, 3.63) is 22.7 Å². The van der Waals surface area contributed by atoms with Crippen LogP contribution in [0.2, 0.25) is 0 Å². The normalized spacial score (nSPS) is 12.4. The van der Waals surface area contributed by atoms with Crippen LogP contribution in [-0.4, -0.2) is 27.2 Å². The first-order valence-electron chi connectivity index (χ1n) is 6.44. The van der Waals surface area contributed by atoms with E-state index in [1.54, 1.807) is 17.0 Å². The average Bonchev–Trinajstić information content (AvgIpc) is 2.34. The predicted octanol–water partition coefficient (Wildman–Crippen LogP) is 1.74. The van der Waals surface area contributed by atoms with E-state index in [1.807, 2.05) is 20.8 Å². The van der Waals surface area contributed by atoms with Gasteiger partial charge < -0.3 is 15.0 Å². The van der Waals surface area contributed by atoms with Crippen LogP contribution in [0.4, 0.5) is 5.82 Å². The van der Waals surface area contributed by atoms with E-state index in [0.29, 0.717) is 18.8 Å². The minimum Gasteiger partial charge on any atom is -0.481 e. The van der Waals surface area contributed by atoms with Gasteiger partial charge in [0.25, 0.3) is 5.56 Å². The molecule has 1 heterocycles. The van der Waals surface area contributed by atoms with Crippen molar-refractivity contribution in [2.45, 2.75) is 39.7 Å². The first-order chi connectivity index (χ1) is 8.91. The summed E-state index contributed by atoms with van der Waals surface area (Å²) in [6.07, 6.45) is 3.96. The van der Waals surface area contributed by atoms with Gasteiger partial charge in [0.05, 0.1) is 0 Å². The smallest absolute Gasteiger partial charge is 0.303 e. The standard InChI is InChI=1S/C13H21N3O3/c1-9(2)16-7-6-14-12(13(16)19)15-8-10(3)4-5-11(17)18/h6-7,9-10H,4-5,8H2,1-3H3,(H,14,15)(H,17,18). The van der Waals surface area contributed by atoms with Crippen LogP contribution in [0.1, 0.15) is 39.7 Å². The molecule has 0 bridgehead atoms. The van der Waals surface area contributed by atoms with Gasteiger partial charge in [-0.2, -0.15) is 0 Å². The fraction of sp³-hybridized carbons (Fsp3) is 0.615. The topological polar surface area (TPSA) is 84.2 Å². The van der Waals surface area contributed by atoms with Crippen molar-refractivity contribution in [1.29, 1.82) is 0 Å². The van der Waals surface area contributed by atoms with Crippen molar-refractivity contribution in [1.82, 2.24) is 9.55 Å². The molecule has 1 rings (SSSR count). The van der Waals surface area contributed by atoms with Crippen LogP contribution in [0, 0.1) is 5.92 Å². The Morgan fingerprint density at radius 3 is 2.74 bits per heavy atom. The molecule has 0 aromatic carbocycles. The Kier molecular flexibility index (Phi) is 5.54. The lowest BCUT2D eigenvalue weighted by atomic mass is 10.1. The minimum atomic E-state index is -0.799. The highest BCUT2D eigenvalue weighted by Crippen LogP contribution is 2.07. The molecule has 106 valence electrons. The van der Waals surface area contributed by atoms with Crippen molar-refractivity contribution in [2.75, 3.05) is 11.9 Å². The third kappa shape index (κ3) is 4.73. The van der Waals surface area contributed by atoms with Gasteiger partial charge in [-0.1, -0.05) is 6.92 Å². The number of nitrogens with zero attached hydrogens (tertiary/aromatic N) is 2. The van der Waals surface area contributed by atoms with E-state index in [4.69, 9.17) is 5.11 Å². The Morgan fingerprint density at radius 2 is 2.16 bits per heavy atom. The second-order valence-corrected chi connectivity index (χ2v) is 5.00. The number of hydrogen-bond acceptors (Lipinski definition) is 4. The maximum Gasteiger partial charge on any atom is 0.303 e. The zero-order valence-electron chi connectivity index (χ0n) is 11.6. The van der Waals surface area contributed by atoms with Gasteiger partial charge in [-0.25, -0.2) is 4.98 Å². The van der Waals surface area contributed by atoms with Crippen molar-refractivity contribution in [3.8, 4) is 0 Å². The number of aliphatic carboxylic acids is 1. The Bertz CT molecular complexity index is 482. The maximum atomic E-state index is 12.0. The lowest BCUT2D eigenvalue weighted by Gasteiger charge is -2.14. The lowest BCUT2D eigenvalue weighted by Crippen LogP contribution is -2.27. The molecule has 0 saturated heterocycles. The van der Waals surface area contributed by atoms with E-state index in [-0.39, 0.29) is 23.9 Å². The molecule has 0 aliphatic heterocycles. The number of rotatable bonds is 7. The van der Waals surface area contributed by atoms with Crippen molar-refractivity contribution < 1.29 is 9.90 Å². The fourth-order valence-corrected chi connectivity index (χ4v) is 1.70. The summed E-state index contributed by atoms with van der Waals surface area (Å²) in [5.41, 5.74) is -0.150. The van der Waals surface area contributed by atoms with Gasteiger partial charge in [0.15, 0.2) is 5.82 Å². The summed E-state index contributed by atoms with van der Waals surface area (Å²) < 4.78 is 1.61. The molecule has 0 radical (unpaired) electrons. The van der Waals surface area contributed by atoms with Crippen molar-refractivity contribution in [3.63, 3.8) is 0 Å². The van der Waals surface area contributed by atoms with Gasteiger partial charge in [0.2, 0.25) is 0 Å². The quantitative estimate of drug-likeness (QED) is 0.786. The summed E-state index contributed by atoms with van der Waals surface area (Å²) >= 11 is 0. The number of aromatic nitrogens is 2. The van der Waals surface area contributed by atoms with Gasteiger partial charge >= 0.3 is 5.97 Å². The van der Waals surface area contributed by atoms with E-state index in [1.165, 1.54) is 0 Å². The van der Waals surface area contributed by atoms with Gasteiger partial charge in [0, 0.05) is 31.4 Å². The maximum absolute atomic E-state index is 12.0. The van der Waals surface area contributed by atoms with Crippen LogP contribution in [0.25, 0.3) is 0 Å². The van der Waals surface area contributed by atoms with Crippen LogP contribution in [0.5, 0.6) is 0 Å². The fourth-order valence-electron chi connectivity index (χ4n) is 1.70. The number of carboxylic acid groups (broad SMARTS) is 1. The lowest BCUT2D eigenvalue weighted by molar-refractivity contribution is -0.137. The minimum absolute atomic E-state index is 0.0838. The second kappa shape index (κ2) is 6.92. The van der Waals surface area contributed by atoms with Crippen LogP contribution < -0.4 is 10.9 Å². The monoisotopic (exact) mass is 267 g/mol. The largest absolute Gasteiger partial charge is 0.481 e. The van der Waals surface area contributed by atoms with Crippen LogP contribution in [-0.2, 0) is 4.79 Å². The Balaban J connectivity index is 2.61. The molecule has 0 fully saturated rings. The summed E-state index contributed by atoms with van der Waals surface area (Å²) in [6, 6.07) is 0.0838. The van der Waals surface area contributed by atoms with Gasteiger partial charge in [0.1, 0.15) is 0 Å². The Hall–Kier alpha value is -1.85. The van der Waals surface area contributed by atoms with E-state index < -0.39 is 5.97 Å². The zero-order chi connectivity index (χ0) is 14.4. The number of carboxylic acids is 1. The van der Waals surface area contributed by atoms with Crippen molar-refractivity contribution in [2.24, 2.45) is 5.92 Å². The molecule has 1 aromatic rings. The zero-order valence-corrected chi connectivity index (χ0v) is 11.6. The Morgan fingerprint density at radius 1 is 1.47 bits per heavy atom. The van der Waals surface area contributed by atoms with E-state index in [2.05, 4.69) is 10.3 Å². The molecule has 0 saturated carbocycles. The summed E-state index contributed by atoms with van der Waals surface area (Å²) in [5, 5.41) is 11.6. The van der Waals surface area contributed by atoms with Crippen LogP contribution >= 0.6 is 0 Å². The molecule has 1 unspecified atom stereocenters. The van der Waals surface area contributed by atoms with Crippen LogP contribution in [0.15, 0.2) is 17.2 Å². The molecule has 0 spiro atoms. The predicted molar refractivity (Wildman–Crippen MR) is 73.4 cm³/mol. The van der Waals surface area contributed by atoms with E-state index in [9.17, 15) is 9.59 Å². The molecular formula is C13H21N3O3. The molecule has 2 N–H and O–H groups in total. The number of hydrogen-bond donors (Lipinski definition) is 2. The van der Waals surface area contributed by atoms with Gasteiger partial charge in [-0.3, -0.25) is 9.59 Å². The molecule has 0 aliphatic carbocycles. The highest BCUT2D eigenvalue weighted by atomic mass is 16.4. The number of carbonyl (C=O) groups is 1. The SMILES string of the molecule is CC(CCC(=O)O)CNc1nccn(C(C)C)c1=O. The van der Waals surface area contributed by atoms with Crippen LogP contribution in [0.3, 0.4) is 0 Å². The summed E-state index contributed by atoms with van der Waals surface area (Å²) in [4.78, 5) is 26.5. The molecule has 19 heavy (non-hydrogen) atoms. The molecule has 0 amide bonds. The second-order valence-electron chi connectivity index (χ2n) is 5.00. The highest BCUT2D eigenvalue weighted by molar-refractivity contribution is 5.66. The summed E-state index contributed by atoms with van der Waals surface area (Å²) in [7, 11) is 0.